The van der Waals surface area contributed by atoms with Gasteiger partial charge >= 0.3 is 0 Å². The average molecular weight is 218 g/mol. The van der Waals surface area contributed by atoms with Gasteiger partial charge in [-0.15, -0.1) is 0 Å². The SMILES string of the molecule is Cc1nccnc1-n1cccc1C(N)=S. The zero-order valence-electron chi connectivity index (χ0n) is 8.21. The topological polar surface area (TPSA) is 56.7 Å². The molecule has 0 spiro atoms. The van der Waals surface area contributed by atoms with Crippen molar-refractivity contribution in [2.24, 2.45) is 5.73 Å². The van der Waals surface area contributed by atoms with Crippen LogP contribution in [0.2, 0.25) is 0 Å². The molecular formula is C10H10N4S. The minimum absolute atomic E-state index is 0.352. The monoisotopic (exact) mass is 218 g/mol. The number of hydrogen-bond donors (Lipinski definition) is 1. The van der Waals surface area contributed by atoms with E-state index in [1.54, 1.807) is 12.4 Å². The van der Waals surface area contributed by atoms with Crippen molar-refractivity contribution in [3.63, 3.8) is 0 Å². The van der Waals surface area contributed by atoms with Gasteiger partial charge in [0, 0.05) is 18.6 Å². The fourth-order valence-electron chi connectivity index (χ4n) is 1.40. The standard InChI is InChI=1S/C10H10N4S/c1-7-10(13-5-4-12-7)14-6-2-3-8(14)9(11)15/h2-6H,1H3,(H2,11,15). The Kier molecular flexibility index (Phi) is 2.47. The van der Waals surface area contributed by atoms with Crippen molar-refractivity contribution < 1.29 is 0 Å². The van der Waals surface area contributed by atoms with E-state index < -0.39 is 0 Å². The van der Waals surface area contributed by atoms with Crippen molar-refractivity contribution in [1.29, 1.82) is 0 Å². The number of nitrogens with zero attached hydrogens (tertiary/aromatic N) is 3. The Labute approximate surface area is 92.8 Å². The van der Waals surface area contributed by atoms with E-state index >= 15 is 0 Å². The number of aryl methyl sites for hydroxylation is 1. The lowest BCUT2D eigenvalue weighted by Gasteiger charge is -2.08. The number of nitrogens with two attached hydrogens (primary N) is 1. The van der Waals surface area contributed by atoms with Gasteiger partial charge in [-0.3, -0.25) is 9.55 Å². The van der Waals surface area contributed by atoms with E-state index in [0.29, 0.717) is 4.99 Å². The first-order chi connectivity index (χ1) is 7.20. The van der Waals surface area contributed by atoms with Crippen molar-refractivity contribution in [3.05, 3.63) is 42.1 Å². The summed E-state index contributed by atoms with van der Waals surface area (Å²) in [7, 11) is 0. The van der Waals surface area contributed by atoms with E-state index in [4.69, 9.17) is 18.0 Å². The van der Waals surface area contributed by atoms with E-state index in [-0.39, 0.29) is 0 Å². The van der Waals surface area contributed by atoms with Crippen molar-refractivity contribution >= 4 is 17.2 Å². The summed E-state index contributed by atoms with van der Waals surface area (Å²) < 4.78 is 1.84. The summed E-state index contributed by atoms with van der Waals surface area (Å²) in [5, 5.41) is 0. The van der Waals surface area contributed by atoms with Gasteiger partial charge < -0.3 is 5.73 Å². The van der Waals surface area contributed by atoms with Crippen LogP contribution in [0.5, 0.6) is 0 Å². The molecule has 0 aromatic carbocycles. The Balaban J connectivity index is 2.59. The maximum Gasteiger partial charge on any atom is 0.158 e. The molecule has 0 radical (unpaired) electrons. The molecule has 2 aromatic rings. The molecule has 2 N–H and O–H groups in total. The van der Waals surface area contributed by atoms with Gasteiger partial charge in [-0.2, -0.15) is 0 Å². The van der Waals surface area contributed by atoms with Gasteiger partial charge in [-0.1, -0.05) is 12.2 Å². The number of rotatable bonds is 2. The van der Waals surface area contributed by atoms with Crippen LogP contribution in [-0.4, -0.2) is 19.5 Å². The minimum atomic E-state index is 0.352. The third-order valence-corrected chi connectivity index (χ3v) is 2.29. The van der Waals surface area contributed by atoms with Crippen LogP contribution in [0.1, 0.15) is 11.4 Å². The van der Waals surface area contributed by atoms with Crippen LogP contribution in [0, 0.1) is 6.92 Å². The molecule has 15 heavy (non-hydrogen) atoms. The van der Waals surface area contributed by atoms with E-state index in [1.807, 2.05) is 29.8 Å². The van der Waals surface area contributed by atoms with Gasteiger partial charge in [-0.25, -0.2) is 4.98 Å². The molecule has 0 aliphatic rings. The van der Waals surface area contributed by atoms with E-state index in [2.05, 4.69) is 9.97 Å². The van der Waals surface area contributed by atoms with E-state index in [1.165, 1.54) is 0 Å². The van der Waals surface area contributed by atoms with Crippen molar-refractivity contribution in [2.75, 3.05) is 0 Å². The molecule has 0 amide bonds. The molecule has 0 aliphatic carbocycles. The fourth-order valence-corrected chi connectivity index (χ4v) is 1.57. The lowest BCUT2D eigenvalue weighted by Crippen LogP contribution is -2.15. The highest BCUT2D eigenvalue weighted by Crippen LogP contribution is 2.12. The van der Waals surface area contributed by atoms with Gasteiger partial charge in [0.05, 0.1) is 11.4 Å². The second-order valence-electron chi connectivity index (χ2n) is 3.09. The van der Waals surface area contributed by atoms with Gasteiger partial charge in [0.2, 0.25) is 0 Å². The first-order valence-electron chi connectivity index (χ1n) is 4.45. The van der Waals surface area contributed by atoms with Gasteiger partial charge in [-0.05, 0) is 19.1 Å². The maximum atomic E-state index is 5.61. The Morgan fingerprint density at radius 3 is 2.80 bits per heavy atom. The maximum absolute atomic E-state index is 5.61. The van der Waals surface area contributed by atoms with Crippen LogP contribution in [0.25, 0.3) is 5.82 Å². The molecule has 0 saturated heterocycles. The highest BCUT2D eigenvalue weighted by molar-refractivity contribution is 7.80. The first-order valence-corrected chi connectivity index (χ1v) is 4.86. The summed E-state index contributed by atoms with van der Waals surface area (Å²) in [5.74, 6) is 0.755. The van der Waals surface area contributed by atoms with Gasteiger partial charge in [0.15, 0.2) is 5.82 Å². The van der Waals surface area contributed by atoms with Gasteiger partial charge in [0.25, 0.3) is 0 Å². The van der Waals surface area contributed by atoms with Crippen LogP contribution >= 0.6 is 12.2 Å². The molecule has 0 fully saturated rings. The second-order valence-corrected chi connectivity index (χ2v) is 3.53. The Morgan fingerprint density at radius 2 is 2.13 bits per heavy atom. The summed E-state index contributed by atoms with van der Waals surface area (Å²) in [5.41, 5.74) is 7.22. The highest BCUT2D eigenvalue weighted by Gasteiger charge is 2.08. The molecule has 0 bridgehead atoms. The summed E-state index contributed by atoms with van der Waals surface area (Å²) in [6.45, 7) is 1.89. The molecule has 0 unspecified atom stereocenters. The summed E-state index contributed by atoms with van der Waals surface area (Å²) in [4.78, 5) is 8.77. The normalized spacial score (nSPS) is 10.2. The summed E-state index contributed by atoms with van der Waals surface area (Å²) in [6, 6.07) is 3.74. The quantitative estimate of drug-likeness (QED) is 0.770. The molecule has 0 aliphatic heterocycles. The molecule has 2 rings (SSSR count). The van der Waals surface area contributed by atoms with Crippen LogP contribution in [0.4, 0.5) is 0 Å². The second kappa shape index (κ2) is 3.78. The number of hydrogen-bond acceptors (Lipinski definition) is 3. The van der Waals surface area contributed by atoms with E-state index in [9.17, 15) is 0 Å². The third-order valence-electron chi connectivity index (χ3n) is 2.08. The lowest BCUT2D eigenvalue weighted by atomic mass is 10.4. The molecule has 0 atom stereocenters. The molecule has 2 heterocycles. The smallest absolute Gasteiger partial charge is 0.158 e. The largest absolute Gasteiger partial charge is 0.388 e. The van der Waals surface area contributed by atoms with Crippen LogP contribution in [-0.2, 0) is 0 Å². The van der Waals surface area contributed by atoms with Crippen LogP contribution in [0.3, 0.4) is 0 Å². The predicted octanol–water partition coefficient (Wildman–Crippen LogP) is 1.21. The van der Waals surface area contributed by atoms with E-state index in [0.717, 1.165) is 17.2 Å². The summed E-state index contributed by atoms with van der Waals surface area (Å²) in [6.07, 6.45) is 5.17. The molecule has 76 valence electrons. The lowest BCUT2D eigenvalue weighted by molar-refractivity contribution is 0.943. The first kappa shape index (κ1) is 9.79. The average Bonchev–Trinajstić information content (AvgIpc) is 2.67. The fraction of sp³-hybridized carbons (Fsp3) is 0.100. The molecule has 0 saturated carbocycles. The summed E-state index contributed by atoms with van der Waals surface area (Å²) >= 11 is 4.96. The molecule has 2 aromatic heterocycles. The Bertz CT molecular complexity index is 504. The van der Waals surface area contributed by atoms with Crippen LogP contribution in [0.15, 0.2) is 30.7 Å². The zero-order valence-corrected chi connectivity index (χ0v) is 9.03. The Morgan fingerprint density at radius 1 is 1.40 bits per heavy atom. The van der Waals surface area contributed by atoms with Crippen molar-refractivity contribution in [2.45, 2.75) is 6.92 Å². The van der Waals surface area contributed by atoms with Gasteiger partial charge in [0.1, 0.15) is 4.99 Å². The number of thiocarbonyl (C=S) groups is 1. The van der Waals surface area contributed by atoms with Crippen molar-refractivity contribution in [3.8, 4) is 5.82 Å². The molecule has 4 nitrogen and oxygen atoms in total. The molecular weight excluding hydrogens is 208 g/mol. The zero-order chi connectivity index (χ0) is 10.8. The molecule has 5 heteroatoms. The predicted molar refractivity (Wildman–Crippen MR) is 62.0 cm³/mol. The van der Waals surface area contributed by atoms with Crippen LogP contribution < -0.4 is 5.73 Å². The third kappa shape index (κ3) is 1.73. The highest BCUT2D eigenvalue weighted by atomic mass is 32.1. The van der Waals surface area contributed by atoms with Crippen molar-refractivity contribution in [1.82, 2.24) is 14.5 Å². The minimum Gasteiger partial charge on any atom is -0.388 e. The number of aromatic nitrogens is 3. The Hall–Kier alpha value is -1.75.